The monoisotopic (exact) mass is 316 g/mol. The molecule has 21 heavy (non-hydrogen) atoms. The van der Waals surface area contributed by atoms with Crippen molar-refractivity contribution in [3.8, 4) is 0 Å². The summed E-state index contributed by atoms with van der Waals surface area (Å²) in [7, 11) is -4.12. The SMILES string of the molecule is CC1(O)CN(S(=O)(=O)c2ccc([N+](=O)[O-])cc2C(=O)O)C1. The van der Waals surface area contributed by atoms with Crippen LogP contribution in [-0.2, 0) is 10.0 Å². The molecule has 0 aromatic heterocycles. The van der Waals surface area contributed by atoms with Crippen LogP contribution in [0.15, 0.2) is 23.1 Å². The normalized spacial score (nSPS) is 18.0. The number of aromatic carboxylic acids is 1. The van der Waals surface area contributed by atoms with Crippen LogP contribution in [0.5, 0.6) is 0 Å². The molecule has 1 aromatic carbocycles. The zero-order valence-corrected chi connectivity index (χ0v) is 11.7. The first-order valence-corrected chi connectivity index (χ1v) is 7.23. The molecule has 0 saturated carbocycles. The lowest BCUT2D eigenvalue weighted by Crippen LogP contribution is -2.61. The standard InChI is InChI=1S/C11H12N2O7S/c1-11(16)5-12(6-11)21(19,20)9-3-2-7(13(17)18)4-8(9)10(14)15/h2-4,16H,5-6H2,1H3,(H,14,15). The van der Waals surface area contributed by atoms with Crippen LogP contribution in [0.1, 0.15) is 17.3 Å². The third-order valence-electron chi connectivity index (χ3n) is 3.06. The molecule has 0 spiro atoms. The quantitative estimate of drug-likeness (QED) is 0.591. The summed E-state index contributed by atoms with van der Waals surface area (Å²) in [6.45, 7) is 1.13. The van der Waals surface area contributed by atoms with Gasteiger partial charge in [-0.05, 0) is 13.0 Å². The number of hydrogen-bond donors (Lipinski definition) is 2. The zero-order chi connectivity index (χ0) is 16.0. The van der Waals surface area contributed by atoms with Gasteiger partial charge in [0.2, 0.25) is 10.0 Å². The van der Waals surface area contributed by atoms with Gasteiger partial charge in [0.1, 0.15) is 0 Å². The lowest BCUT2D eigenvalue weighted by molar-refractivity contribution is -0.384. The van der Waals surface area contributed by atoms with Crippen LogP contribution in [0.4, 0.5) is 5.69 Å². The lowest BCUT2D eigenvalue weighted by Gasteiger charge is -2.42. The highest BCUT2D eigenvalue weighted by atomic mass is 32.2. The number of aliphatic hydroxyl groups is 1. The number of carbonyl (C=O) groups is 1. The summed E-state index contributed by atoms with van der Waals surface area (Å²) in [5.41, 5.74) is -2.34. The Hall–Kier alpha value is -2.04. The first-order valence-electron chi connectivity index (χ1n) is 5.79. The molecule has 10 heteroatoms. The molecule has 1 aliphatic rings. The van der Waals surface area contributed by atoms with Crippen LogP contribution < -0.4 is 0 Å². The van der Waals surface area contributed by atoms with E-state index in [1.807, 2.05) is 0 Å². The van der Waals surface area contributed by atoms with Gasteiger partial charge in [-0.3, -0.25) is 10.1 Å². The zero-order valence-electron chi connectivity index (χ0n) is 10.9. The second-order valence-corrected chi connectivity index (χ2v) is 6.92. The highest BCUT2D eigenvalue weighted by Crippen LogP contribution is 2.30. The van der Waals surface area contributed by atoms with E-state index in [1.54, 1.807) is 0 Å². The fourth-order valence-corrected chi connectivity index (χ4v) is 3.88. The Morgan fingerprint density at radius 2 is 2.00 bits per heavy atom. The molecular formula is C11H12N2O7S. The number of nitro benzene ring substituents is 1. The molecule has 1 aliphatic heterocycles. The molecule has 1 saturated heterocycles. The van der Waals surface area contributed by atoms with Crippen molar-refractivity contribution in [3.05, 3.63) is 33.9 Å². The Labute approximate surface area is 119 Å². The molecule has 0 radical (unpaired) electrons. The molecule has 1 fully saturated rings. The van der Waals surface area contributed by atoms with Crippen molar-refractivity contribution in [1.82, 2.24) is 4.31 Å². The summed E-state index contributed by atoms with van der Waals surface area (Å²) in [6.07, 6.45) is 0. The predicted molar refractivity (Wildman–Crippen MR) is 69.4 cm³/mol. The molecule has 9 nitrogen and oxygen atoms in total. The molecule has 1 heterocycles. The van der Waals surface area contributed by atoms with Gasteiger partial charge in [0.25, 0.3) is 5.69 Å². The molecule has 114 valence electrons. The number of carboxylic acids is 1. The number of nitro groups is 1. The summed E-state index contributed by atoms with van der Waals surface area (Å²) >= 11 is 0. The predicted octanol–water partition coefficient (Wildman–Crippen LogP) is 0.0483. The third kappa shape index (κ3) is 2.73. The van der Waals surface area contributed by atoms with Gasteiger partial charge >= 0.3 is 5.97 Å². The van der Waals surface area contributed by atoms with E-state index >= 15 is 0 Å². The first-order chi connectivity index (χ1) is 9.54. The van der Waals surface area contributed by atoms with Gasteiger partial charge in [-0.1, -0.05) is 0 Å². The Balaban J connectivity index is 2.49. The maximum atomic E-state index is 12.3. The second kappa shape index (κ2) is 4.76. The van der Waals surface area contributed by atoms with E-state index in [9.17, 15) is 28.4 Å². The highest BCUT2D eigenvalue weighted by molar-refractivity contribution is 7.89. The van der Waals surface area contributed by atoms with Crippen LogP contribution in [-0.4, -0.2) is 52.5 Å². The third-order valence-corrected chi connectivity index (χ3v) is 4.91. The minimum Gasteiger partial charge on any atom is -0.478 e. The lowest BCUT2D eigenvalue weighted by atomic mass is 10.0. The van der Waals surface area contributed by atoms with Gasteiger partial charge in [0.15, 0.2) is 0 Å². The number of carboxylic acid groups (broad SMARTS) is 1. The smallest absolute Gasteiger partial charge is 0.337 e. The largest absolute Gasteiger partial charge is 0.478 e. The van der Waals surface area contributed by atoms with Gasteiger partial charge in [0, 0.05) is 25.2 Å². The molecule has 0 aliphatic carbocycles. The number of hydrogen-bond acceptors (Lipinski definition) is 6. The molecule has 1 aromatic rings. The van der Waals surface area contributed by atoms with E-state index in [0.717, 1.165) is 16.4 Å². The molecule has 0 atom stereocenters. The summed E-state index contributed by atoms with van der Waals surface area (Å²) < 4.78 is 25.5. The Morgan fingerprint density at radius 3 is 2.43 bits per heavy atom. The van der Waals surface area contributed by atoms with E-state index in [2.05, 4.69) is 0 Å². The highest BCUT2D eigenvalue weighted by Gasteiger charge is 2.45. The van der Waals surface area contributed by atoms with Crippen LogP contribution in [0, 0.1) is 10.1 Å². The fourth-order valence-electron chi connectivity index (χ4n) is 2.05. The number of nitrogens with zero attached hydrogens (tertiary/aromatic N) is 2. The van der Waals surface area contributed by atoms with E-state index in [4.69, 9.17) is 5.11 Å². The van der Waals surface area contributed by atoms with Gasteiger partial charge in [-0.25, -0.2) is 13.2 Å². The summed E-state index contributed by atoms with van der Waals surface area (Å²) in [6, 6.07) is 2.52. The summed E-state index contributed by atoms with van der Waals surface area (Å²) in [4.78, 5) is 20.4. The van der Waals surface area contributed by atoms with Crippen LogP contribution in [0.3, 0.4) is 0 Å². The molecule has 0 amide bonds. The summed E-state index contributed by atoms with van der Waals surface area (Å²) in [5, 5.41) is 29.3. The first kappa shape index (κ1) is 15.4. The van der Waals surface area contributed by atoms with Crippen LogP contribution in [0.2, 0.25) is 0 Å². The van der Waals surface area contributed by atoms with E-state index < -0.39 is 42.7 Å². The van der Waals surface area contributed by atoms with Crippen molar-refractivity contribution in [1.29, 1.82) is 0 Å². The molecular weight excluding hydrogens is 304 g/mol. The van der Waals surface area contributed by atoms with Gasteiger partial charge in [0.05, 0.1) is 21.0 Å². The van der Waals surface area contributed by atoms with Crippen LogP contribution in [0.25, 0.3) is 0 Å². The fraction of sp³-hybridized carbons (Fsp3) is 0.364. The number of non-ortho nitro benzene ring substituents is 1. The van der Waals surface area contributed by atoms with E-state index in [1.165, 1.54) is 6.92 Å². The minimum absolute atomic E-state index is 0.161. The number of sulfonamides is 1. The average Bonchev–Trinajstić information content (AvgIpc) is 2.34. The number of rotatable bonds is 4. The average molecular weight is 316 g/mol. The van der Waals surface area contributed by atoms with Crippen LogP contribution >= 0.6 is 0 Å². The second-order valence-electron chi connectivity index (χ2n) is 5.01. The molecule has 0 unspecified atom stereocenters. The number of β-amino-alcohol motifs (C(OH)–C–C–N with tert-alkyl or cyclic N) is 1. The van der Waals surface area contributed by atoms with Crippen molar-refractivity contribution < 1.29 is 28.3 Å². The van der Waals surface area contributed by atoms with E-state index in [-0.39, 0.29) is 13.1 Å². The number of benzene rings is 1. The Kier molecular flexibility index (Phi) is 3.48. The summed E-state index contributed by atoms with van der Waals surface area (Å²) in [5.74, 6) is -1.58. The van der Waals surface area contributed by atoms with Gasteiger partial charge < -0.3 is 10.2 Å². The van der Waals surface area contributed by atoms with Crippen molar-refractivity contribution >= 4 is 21.7 Å². The van der Waals surface area contributed by atoms with Crippen molar-refractivity contribution in [2.24, 2.45) is 0 Å². The van der Waals surface area contributed by atoms with Crippen molar-refractivity contribution in [2.45, 2.75) is 17.4 Å². The molecule has 2 rings (SSSR count). The minimum atomic E-state index is -4.12. The Bertz CT molecular complexity index is 718. The Morgan fingerprint density at radius 1 is 1.43 bits per heavy atom. The topological polar surface area (TPSA) is 138 Å². The molecule has 2 N–H and O–H groups in total. The maximum absolute atomic E-state index is 12.3. The maximum Gasteiger partial charge on any atom is 0.337 e. The van der Waals surface area contributed by atoms with E-state index in [0.29, 0.717) is 6.07 Å². The van der Waals surface area contributed by atoms with Crippen molar-refractivity contribution in [2.75, 3.05) is 13.1 Å². The van der Waals surface area contributed by atoms with Crippen molar-refractivity contribution in [3.63, 3.8) is 0 Å². The molecule has 0 bridgehead atoms. The van der Waals surface area contributed by atoms with Gasteiger partial charge in [-0.15, -0.1) is 0 Å². The van der Waals surface area contributed by atoms with Gasteiger partial charge in [-0.2, -0.15) is 4.31 Å².